The Bertz CT molecular complexity index is 709. The number of carbonyl (C=O) groups excluding carboxylic acids is 2. The topological polar surface area (TPSA) is 71.8 Å². The summed E-state index contributed by atoms with van der Waals surface area (Å²) in [5.41, 5.74) is 0.697. The van der Waals surface area contributed by atoms with Crippen LogP contribution in [0.15, 0.2) is 53.1 Å². The second-order valence-electron chi connectivity index (χ2n) is 6.63. The summed E-state index contributed by atoms with van der Waals surface area (Å²) in [7, 11) is 0. The lowest BCUT2D eigenvalue weighted by Gasteiger charge is -2.33. The number of nitrogens with zero attached hydrogens (tertiary/aromatic N) is 1. The first-order chi connectivity index (χ1) is 13.2. The number of ether oxygens (including phenoxy) is 1. The van der Waals surface area contributed by atoms with Gasteiger partial charge in [0.1, 0.15) is 5.76 Å². The highest BCUT2D eigenvalue weighted by atomic mass is 16.5. The van der Waals surface area contributed by atoms with E-state index in [1.807, 2.05) is 30.3 Å². The first-order valence-electron chi connectivity index (χ1n) is 9.44. The molecule has 1 fully saturated rings. The zero-order valence-corrected chi connectivity index (χ0v) is 15.4. The Morgan fingerprint density at radius 1 is 1.04 bits per heavy atom. The lowest BCUT2D eigenvalue weighted by molar-refractivity contribution is -0.121. The first kappa shape index (κ1) is 19.3. The number of carbonyl (C=O) groups is 2. The smallest absolute Gasteiger partial charge is 0.220 e. The number of rotatable bonds is 9. The maximum Gasteiger partial charge on any atom is 0.220 e. The molecule has 1 amide bonds. The van der Waals surface area contributed by atoms with Crippen LogP contribution in [0.1, 0.15) is 41.4 Å². The van der Waals surface area contributed by atoms with Gasteiger partial charge in [-0.15, -0.1) is 0 Å². The molecular weight excluding hydrogens is 344 g/mol. The molecule has 1 unspecified atom stereocenters. The fourth-order valence-electron chi connectivity index (χ4n) is 3.26. The van der Waals surface area contributed by atoms with Crippen LogP contribution in [-0.4, -0.2) is 49.4 Å². The zero-order valence-electron chi connectivity index (χ0n) is 15.4. The molecule has 144 valence electrons. The molecule has 0 radical (unpaired) electrons. The van der Waals surface area contributed by atoms with Crippen molar-refractivity contribution < 1.29 is 18.7 Å². The second-order valence-corrected chi connectivity index (χ2v) is 6.63. The predicted molar refractivity (Wildman–Crippen MR) is 101 cm³/mol. The van der Waals surface area contributed by atoms with Crippen LogP contribution in [0.4, 0.5) is 0 Å². The molecule has 3 rings (SSSR count). The average Bonchev–Trinajstić information content (AvgIpc) is 3.24. The zero-order chi connectivity index (χ0) is 18.9. The maximum absolute atomic E-state index is 12.2. The SMILES string of the molecule is O=C(CCCC(=O)c1ccccc1)NCC(c1ccco1)N1CCOCC1. The van der Waals surface area contributed by atoms with Crippen molar-refractivity contribution in [3.8, 4) is 0 Å². The molecule has 1 N–H and O–H groups in total. The lowest BCUT2D eigenvalue weighted by atomic mass is 10.1. The first-order valence-corrected chi connectivity index (χ1v) is 9.44. The fourth-order valence-corrected chi connectivity index (χ4v) is 3.26. The number of Topliss-reactive ketones (excluding diaryl/α,β-unsaturated/α-hetero) is 1. The van der Waals surface area contributed by atoms with Crippen LogP contribution >= 0.6 is 0 Å². The molecular formula is C21H26N2O4. The second kappa shape index (κ2) is 10.0. The summed E-state index contributed by atoms with van der Waals surface area (Å²) in [5, 5.41) is 2.99. The average molecular weight is 370 g/mol. The van der Waals surface area contributed by atoms with Gasteiger partial charge in [-0.05, 0) is 18.6 Å². The Morgan fingerprint density at radius 2 is 1.81 bits per heavy atom. The van der Waals surface area contributed by atoms with E-state index in [-0.39, 0.29) is 17.7 Å². The highest BCUT2D eigenvalue weighted by molar-refractivity contribution is 5.96. The maximum atomic E-state index is 12.2. The van der Waals surface area contributed by atoms with Gasteiger partial charge >= 0.3 is 0 Å². The van der Waals surface area contributed by atoms with Crippen molar-refractivity contribution in [2.24, 2.45) is 0 Å². The molecule has 1 atom stereocenters. The van der Waals surface area contributed by atoms with Crippen molar-refractivity contribution in [2.75, 3.05) is 32.8 Å². The summed E-state index contributed by atoms with van der Waals surface area (Å²) in [6, 6.07) is 13.0. The van der Waals surface area contributed by atoms with Crippen LogP contribution in [0.2, 0.25) is 0 Å². The van der Waals surface area contributed by atoms with Crippen LogP contribution in [0.3, 0.4) is 0 Å². The molecule has 1 aromatic heterocycles. The van der Waals surface area contributed by atoms with Gasteiger partial charge in [-0.3, -0.25) is 14.5 Å². The number of morpholine rings is 1. The van der Waals surface area contributed by atoms with Crippen LogP contribution in [0, 0.1) is 0 Å². The summed E-state index contributed by atoms with van der Waals surface area (Å²) in [6.45, 7) is 3.48. The number of hydrogen-bond acceptors (Lipinski definition) is 5. The molecule has 1 aliphatic heterocycles. The minimum Gasteiger partial charge on any atom is -0.468 e. The Morgan fingerprint density at radius 3 is 2.52 bits per heavy atom. The highest BCUT2D eigenvalue weighted by Crippen LogP contribution is 2.21. The minimum atomic E-state index is -0.0410. The van der Waals surface area contributed by atoms with Crippen molar-refractivity contribution in [1.29, 1.82) is 0 Å². The van der Waals surface area contributed by atoms with E-state index < -0.39 is 0 Å². The van der Waals surface area contributed by atoms with Crippen LogP contribution in [0.25, 0.3) is 0 Å². The quantitative estimate of drug-likeness (QED) is 0.687. The molecule has 1 aliphatic rings. The van der Waals surface area contributed by atoms with Gasteiger partial charge in [0.2, 0.25) is 5.91 Å². The molecule has 0 bridgehead atoms. The summed E-state index contributed by atoms with van der Waals surface area (Å²) in [6.07, 6.45) is 2.91. The van der Waals surface area contributed by atoms with E-state index >= 15 is 0 Å². The number of ketones is 1. The third-order valence-electron chi connectivity index (χ3n) is 4.75. The van der Waals surface area contributed by atoms with E-state index in [0.717, 1.165) is 18.8 Å². The van der Waals surface area contributed by atoms with Crippen molar-refractivity contribution in [1.82, 2.24) is 10.2 Å². The Balaban J connectivity index is 1.44. The van der Waals surface area contributed by atoms with E-state index in [1.54, 1.807) is 18.4 Å². The van der Waals surface area contributed by atoms with E-state index in [2.05, 4.69) is 10.2 Å². The van der Waals surface area contributed by atoms with Crippen molar-refractivity contribution in [3.63, 3.8) is 0 Å². The van der Waals surface area contributed by atoms with Crippen molar-refractivity contribution in [3.05, 3.63) is 60.1 Å². The number of hydrogen-bond donors (Lipinski definition) is 1. The molecule has 1 saturated heterocycles. The molecule has 0 saturated carbocycles. The lowest BCUT2D eigenvalue weighted by Crippen LogP contribution is -2.43. The fraction of sp³-hybridized carbons (Fsp3) is 0.429. The van der Waals surface area contributed by atoms with E-state index in [0.29, 0.717) is 44.6 Å². The van der Waals surface area contributed by atoms with E-state index in [9.17, 15) is 9.59 Å². The van der Waals surface area contributed by atoms with Gasteiger partial charge in [0.05, 0.1) is 25.5 Å². The van der Waals surface area contributed by atoms with Crippen LogP contribution < -0.4 is 5.32 Å². The highest BCUT2D eigenvalue weighted by Gasteiger charge is 2.25. The summed E-state index contributed by atoms with van der Waals surface area (Å²) < 4.78 is 11.0. The number of nitrogens with one attached hydrogen (secondary N) is 1. The molecule has 2 heterocycles. The summed E-state index contributed by atoms with van der Waals surface area (Å²) in [5.74, 6) is 0.877. The Kier molecular flexibility index (Phi) is 7.19. The Labute approximate surface area is 159 Å². The minimum absolute atomic E-state index is 0.00111. The predicted octanol–water partition coefficient (Wildman–Crippen LogP) is 2.82. The third kappa shape index (κ3) is 5.77. The van der Waals surface area contributed by atoms with Gasteiger partial charge in [-0.1, -0.05) is 30.3 Å². The van der Waals surface area contributed by atoms with Gasteiger partial charge in [0, 0.05) is 38.0 Å². The molecule has 1 aromatic carbocycles. The van der Waals surface area contributed by atoms with Crippen LogP contribution in [0.5, 0.6) is 0 Å². The monoisotopic (exact) mass is 370 g/mol. The normalized spacial score (nSPS) is 16.0. The van der Waals surface area contributed by atoms with E-state index in [1.165, 1.54) is 0 Å². The van der Waals surface area contributed by atoms with Gasteiger partial charge in [-0.25, -0.2) is 0 Å². The summed E-state index contributed by atoms with van der Waals surface area (Å²) >= 11 is 0. The molecule has 6 heteroatoms. The van der Waals surface area contributed by atoms with Gasteiger partial charge < -0.3 is 14.5 Å². The number of benzene rings is 1. The third-order valence-corrected chi connectivity index (χ3v) is 4.75. The van der Waals surface area contributed by atoms with Gasteiger partial charge in [0.25, 0.3) is 0 Å². The number of furan rings is 1. The standard InChI is InChI=1S/C21H26N2O4/c24-19(17-6-2-1-3-7-17)8-4-10-21(25)22-16-18(20-9-5-13-27-20)23-11-14-26-15-12-23/h1-3,5-7,9,13,18H,4,8,10-12,14-16H2,(H,22,25). The molecule has 0 aliphatic carbocycles. The molecule has 6 nitrogen and oxygen atoms in total. The summed E-state index contributed by atoms with van der Waals surface area (Å²) in [4.78, 5) is 26.6. The number of amides is 1. The van der Waals surface area contributed by atoms with Crippen LogP contribution in [-0.2, 0) is 9.53 Å². The van der Waals surface area contributed by atoms with Gasteiger partial charge in [-0.2, -0.15) is 0 Å². The molecule has 27 heavy (non-hydrogen) atoms. The van der Waals surface area contributed by atoms with Gasteiger partial charge in [0.15, 0.2) is 5.78 Å². The molecule has 0 spiro atoms. The van der Waals surface area contributed by atoms with Crippen molar-refractivity contribution >= 4 is 11.7 Å². The van der Waals surface area contributed by atoms with E-state index in [4.69, 9.17) is 9.15 Å². The molecule has 2 aromatic rings. The Hall–Kier alpha value is -2.44. The largest absolute Gasteiger partial charge is 0.468 e. The van der Waals surface area contributed by atoms with Crippen molar-refractivity contribution in [2.45, 2.75) is 25.3 Å².